The average molecular weight is 204 g/mol. The van der Waals surface area contributed by atoms with Crippen LogP contribution in [0.3, 0.4) is 0 Å². The van der Waals surface area contributed by atoms with Crippen LogP contribution in [0, 0.1) is 5.92 Å². The fourth-order valence-corrected chi connectivity index (χ4v) is 0.868. The van der Waals surface area contributed by atoms with Gasteiger partial charge in [0.05, 0.1) is 13.2 Å². The zero-order valence-electron chi connectivity index (χ0n) is 8.49. The zero-order valence-corrected chi connectivity index (χ0v) is 8.49. The molecule has 5 heteroatoms. The lowest BCUT2D eigenvalue weighted by molar-refractivity contribution is -0.146. The second-order valence-electron chi connectivity index (χ2n) is 2.98. The number of carbonyl (C=O) groups is 2. The molecule has 0 heterocycles. The van der Waals surface area contributed by atoms with Crippen molar-refractivity contribution in [1.82, 2.24) is 0 Å². The number of aliphatic hydroxyl groups excluding tert-OH is 1. The minimum atomic E-state index is -0.379. The molecule has 82 valence electrons. The van der Waals surface area contributed by atoms with Gasteiger partial charge in [-0.3, -0.25) is 9.59 Å². The molecule has 0 aliphatic heterocycles. The summed E-state index contributed by atoms with van der Waals surface area (Å²) in [6.07, 6.45) is 0.445. The number of hydrogen-bond acceptors (Lipinski definition) is 5. The highest BCUT2D eigenvalue weighted by Crippen LogP contribution is 2.04. The molecule has 0 saturated heterocycles. The average Bonchev–Trinajstić information content (AvgIpc) is 2.09. The summed E-state index contributed by atoms with van der Waals surface area (Å²) in [6, 6.07) is 0. The number of esters is 2. The topological polar surface area (TPSA) is 72.8 Å². The minimum Gasteiger partial charge on any atom is -0.465 e. The Morgan fingerprint density at radius 2 is 1.57 bits per heavy atom. The van der Waals surface area contributed by atoms with E-state index in [4.69, 9.17) is 14.6 Å². The largest absolute Gasteiger partial charge is 0.465 e. The predicted octanol–water partition coefficient (Wildman–Crippen LogP) is 0.111. The predicted molar refractivity (Wildman–Crippen MR) is 48.5 cm³/mol. The van der Waals surface area contributed by atoms with Crippen molar-refractivity contribution in [3.8, 4) is 0 Å². The van der Waals surface area contributed by atoms with E-state index >= 15 is 0 Å². The lowest BCUT2D eigenvalue weighted by Gasteiger charge is -2.14. The molecular weight excluding hydrogens is 188 g/mol. The molecule has 0 fully saturated rings. The molecule has 1 N–H and O–H groups in total. The molecule has 0 aromatic carbocycles. The standard InChI is InChI=1S/C9H16O5/c1-7(11)13-5-9(3-4-10)6-14-8(2)12/h9-10H,3-6H2,1-2H3. The van der Waals surface area contributed by atoms with Gasteiger partial charge in [-0.25, -0.2) is 0 Å². The van der Waals surface area contributed by atoms with Gasteiger partial charge >= 0.3 is 11.9 Å². The normalized spacial score (nSPS) is 10.0. The number of rotatable bonds is 6. The van der Waals surface area contributed by atoms with Gasteiger partial charge < -0.3 is 14.6 Å². The Morgan fingerprint density at radius 3 is 1.86 bits per heavy atom. The summed E-state index contributed by atoms with van der Waals surface area (Å²) in [4.78, 5) is 21.0. The summed E-state index contributed by atoms with van der Waals surface area (Å²) in [7, 11) is 0. The fraction of sp³-hybridized carbons (Fsp3) is 0.778. The van der Waals surface area contributed by atoms with Crippen LogP contribution in [0.4, 0.5) is 0 Å². The van der Waals surface area contributed by atoms with Gasteiger partial charge in [0.25, 0.3) is 0 Å². The maximum Gasteiger partial charge on any atom is 0.302 e. The molecule has 0 bridgehead atoms. The molecule has 0 aromatic heterocycles. The third-order valence-corrected chi connectivity index (χ3v) is 1.58. The molecule has 14 heavy (non-hydrogen) atoms. The van der Waals surface area contributed by atoms with Crippen LogP contribution >= 0.6 is 0 Å². The fourth-order valence-electron chi connectivity index (χ4n) is 0.868. The monoisotopic (exact) mass is 204 g/mol. The van der Waals surface area contributed by atoms with Gasteiger partial charge in [0.1, 0.15) is 0 Å². The molecule has 0 aliphatic rings. The van der Waals surface area contributed by atoms with Crippen LogP contribution in [-0.2, 0) is 19.1 Å². The summed E-state index contributed by atoms with van der Waals surface area (Å²) in [6.45, 7) is 2.93. The first-order valence-electron chi connectivity index (χ1n) is 4.43. The van der Waals surface area contributed by atoms with Crippen molar-refractivity contribution in [2.24, 2.45) is 5.92 Å². The van der Waals surface area contributed by atoms with Crippen LogP contribution < -0.4 is 0 Å². The molecule has 0 atom stereocenters. The van der Waals surface area contributed by atoms with Gasteiger partial charge in [-0.05, 0) is 6.42 Å². The van der Waals surface area contributed by atoms with Gasteiger partial charge in [-0.1, -0.05) is 0 Å². The van der Waals surface area contributed by atoms with Crippen LogP contribution in [-0.4, -0.2) is 36.9 Å². The highest BCUT2D eigenvalue weighted by Gasteiger charge is 2.11. The summed E-state index contributed by atoms with van der Waals surface area (Å²) in [5, 5.41) is 8.69. The van der Waals surface area contributed by atoms with Crippen LogP contribution in [0.5, 0.6) is 0 Å². The Balaban J connectivity index is 3.76. The second kappa shape index (κ2) is 7.32. The number of ether oxygens (including phenoxy) is 2. The third kappa shape index (κ3) is 7.54. The van der Waals surface area contributed by atoms with E-state index in [1.807, 2.05) is 0 Å². The van der Waals surface area contributed by atoms with E-state index in [0.29, 0.717) is 6.42 Å². The van der Waals surface area contributed by atoms with Crippen molar-refractivity contribution >= 4 is 11.9 Å². The Kier molecular flexibility index (Phi) is 6.74. The maximum atomic E-state index is 10.5. The van der Waals surface area contributed by atoms with Crippen LogP contribution in [0.15, 0.2) is 0 Å². The Hall–Kier alpha value is -1.10. The molecule has 5 nitrogen and oxygen atoms in total. The number of hydrogen-bond donors (Lipinski definition) is 1. The SMILES string of the molecule is CC(=O)OCC(CCO)COC(C)=O. The van der Waals surface area contributed by atoms with Gasteiger partial charge in [0.15, 0.2) is 0 Å². The Bertz CT molecular complexity index is 172. The van der Waals surface area contributed by atoms with Crippen molar-refractivity contribution in [3.63, 3.8) is 0 Å². The molecule has 0 spiro atoms. The molecular formula is C9H16O5. The first-order valence-corrected chi connectivity index (χ1v) is 4.43. The lowest BCUT2D eigenvalue weighted by atomic mass is 10.1. The number of aliphatic hydroxyl groups is 1. The minimum absolute atomic E-state index is 0.0206. The summed E-state index contributed by atoms with van der Waals surface area (Å²) in [5.74, 6) is -0.890. The maximum absolute atomic E-state index is 10.5. The molecule has 0 rings (SSSR count). The van der Waals surface area contributed by atoms with E-state index < -0.39 is 0 Å². The van der Waals surface area contributed by atoms with Crippen molar-refractivity contribution < 1.29 is 24.2 Å². The summed E-state index contributed by atoms with van der Waals surface area (Å²) >= 11 is 0. The van der Waals surface area contributed by atoms with E-state index in [1.165, 1.54) is 13.8 Å². The van der Waals surface area contributed by atoms with E-state index in [1.54, 1.807) is 0 Å². The van der Waals surface area contributed by atoms with Crippen molar-refractivity contribution in [3.05, 3.63) is 0 Å². The number of carbonyl (C=O) groups excluding carboxylic acids is 2. The van der Waals surface area contributed by atoms with Crippen molar-refractivity contribution in [2.75, 3.05) is 19.8 Å². The quantitative estimate of drug-likeness (QED) is 0.622. The Morgan fingerprint density at radius 1 is 1.14 bits per heavy atom. The van der Waals surface area contributed by atoms with Gasteiger partial charge in [0, 0.05) is 26.4 Å². The molecule has 0 amide bonds. The van der Waals surface area contributed by atoms with Gasteiger partial charge in [0.2, 0.25) is 0 Å². The van der Waals surface area contributed by atoms with E-state index in [2.05, 4.69) is 0 Å². The van der Waals surface area contributed by atoms with E-state index in [-0.39, 0.29) is 37.7 Å². The van der Waals surface area contributed by atoms with Gasteiger partial charge in [-0.2, -0.15) is 0 Å². The van der Waals surface area contributed by atoms with Crippen molar-refractivity contribution in [2.45, 2.75) is 20.3 Å². The lowest BCUT2D eigenvalue weighted by Crippen LogP contribution is -2.20. The zero-order chi connectivity index (χ0) is 11.0. The second-order valence-corrected chi connectivity index (χ2v) is 2.98. The van der Waals surface area contributed by atoms with Crippen molar-refractivity contribution in [1.29, 1.82) is 0 Å². The molecule has 0 unspecified atom stereocenters. The summed E-state index contributed by atoms with van der Waals surface area (Å²) in [5.41, 5.74) is 0. The van der Waals surface area contributed by atoms with Crippen LogP contribution in [0.2, 0.25) is 0 Å². The summed E-state index contributed by atoms with van der Waals surface area (Å²) < 4.78 is 9.50. The van der Waals surface area contributed by atoms with Crippen LogP contribution in [0.1, 0.15) is 20.3 Å². The molecule has 0 aliphatic carbocycles. The highest BCUT2D eigenvalue weighted by molar-refractivity contribution is 5.66. The Labute approximate surface area is 83.0 Å². The smallest absolute Gasteiger partial charge is 0.302 e. The first kappa shape index (κ1) is 12.9. The van der Waals surface area contributed by atoms with E-state index in [9.17, 15) is 9.59 Å². The molecule has 0 aromatic rings. The third-order valence-electron chi connectivity index (χ3n) is 1.58. The first-order chi connectivity index (χ1) is 6.56. The highest BCUT2D eigenvalue weighted by atomic mass is 16.5. The van der Waals surface area contributed by atoms with Crippen LogP contribution in [0.25, 0.3) is 0 Å². The molecule has 0 saturated carbocycles. The molecule has 0 radical (unpaired) electrons. The van der Waals surface area contributed by atoms with E-state index in [0.717, 1.165) is 0 Å². The van der Waals surface area contributed by atoms with Gasteiger partial charge in [-0.15, -0.1) is 0 Å².